The summed E-state index contributed by atoms with van der Waals surface area (Å²) in [7, 11) is 2.96. The lowest BCUT2D eigenvalue weighted by Crippen LogP contribution is -2.13. The van der Waals surface area contributed by atoms with Crippen LogP contribution in [0, 0.1) is 0 Å². The van der Waals surface area contributed by atoms with Crippen molar-refractivity contribution in [3.63, 3.8) is 0 Å². The van der Waals surface area contributed by atoms with E-state index in [0.717, 1.165) is 5.56 Å². The van der Waals surface area contributed by atoms with Gasteiger partial charge in [-0.25, -0.2) is 4.39 Å². The number of methoxy groups -OCH3 is 2. The number of ether oxygens (including phenoxy) is 2. The third-order valence-corrected chi connectivity index (χ3v) is 2.63. The summed E-state index contributed by atoms with van der Waals surface area (Å²) in [6.07, 6.45) is 0.253. The topological polar surface area (TPSA) is 35.5 Å². The monoisotopic (exact) mass is 254 g/mol. The van der Waals surface area contributed by atoms with E-state index in [1.807, 2.05) is 0 Å². The Morgan fingerprint density at radius 3 is 2.28 bits per heavy atom. The van der Waals surface area contributed by atoms with E-state index >= 15 is 0 Å². The molecule has 0 N–H and O–H groups in total. The summed E-state index contributed by atoms with van der Waals surface area (Å²) in [6, 6.07) is 3.36. The summed E-state index contributed by atoms with van der Waals surface area (Å²) >= 11 is 0. The molecule has 100 valence electrons. The van der Waals surface area contributed by atoms with Crippen LogP contribution in [0.15, 0.2) is 12.1 Å². The Morgan fingerprint density at radius 2 is 1.89 bits per heavy atom. The lowest BCUT2D eigenvalue weighted by molar-refractivity contribution is -0.116. The van der Waals surface area contributed by atoms with Crippen molar-refractivity contribution in [2.75, 3.05) is 14.2 Å². The first-order valence-corrected chi connectivity index (χ1v) is 5.73. The smallest absolute Gasteiger partial charge is 0.167 e. The summed E-state index contributed by atoms with van der Waals surface area (Å²) in [5.41, 5.74) is -0.452. The SMILES string of the molecule is COc1cc(CC(C)=O)cc(C(C)(C)F)c1OC. The minimum atomic E-state index is -1.56. The van der Waals surface area contributed by atoms with E-state index in [1.54, 1.807) is 12.1 Å². The Balaban J connectivity index is 3.40. The molecule has 0 saturated carbocycles. The maximum absolute atomic E-state index is 14.2. The molecule has 0 bridgehead atoms. The van der Waals surface area contributed by atoms with Crippen LogP contribution in [0.2, 0.25) is 0 Å². The largest absolute Gasteiger partial charge is 0.493 e. The van der Waals surface area contributed by atoms with Crippen molar-refractivity contribution in [2.45, 2.75) is 32.9 Å². The normalized spacial score (nSPS) is 11.2. The van der Waals surface area contributed by atoms with E-state index in [4.69, 9.17) is 9.47 Å². The first-order valence-electron chi connectivity index (χ1n) is 5.73. The average molecular weight is 254 g/mol. The fraction of sp³-hybridized carbons (Fsp3) is 0.500. The number of halogens is 1. The van der Waals surface area contributed by atoms with Crippen LogP contribution < -0.4 is 9.47 Å². The highest BCUT2D eigenvalue weighted by Crippen LogP contribution is 2.40. The van der Waals surface area contributed by atoms with Crippen LogP contribution >= 0.6 is 0 Å². The Morgan fingerprint density at radius 1 is 1.28 bits per heavy atom. The maximum atomic E-state index is 14.2. The molecule has 0 fully saturated rings. The zero-order chi connectivity index (χ0) is 13.9. The van der Waals surface area contributed by atoms with E-state index in [0.29, 0.717) is 17.1 Å². The van der Waals surface area contributed by atoms with Crippen LogP contribution in [0.3, 0.4) is 0 Å². The molecule has 18 heavy (non-hydrogen) atoms. The molecule has 1 aromatic carbocycles. The standard InChI is InChI=1S/C14H19FO3/c1-9(16)6-10-7-11(14(2,3)15)13(18-5)12(8-10)17-4/h7-8H,6H2,1-5H3. The van der Waals surface area contributed by atoms with Crippen LogP contribution in [0.4, 0.5) is 4.39 Å². The molecule has 0 saturated heterocycles. The first kappa shape index (κ1) is 14.5. The Hall–Kier alpha value is -1.58. The molecular weight excluding hydrogens is 235 g/mol. The van der Waals surface area contributed by atoms with Gasteiger partial charge >= 0.3 is 0 Å². The number of carbonyl (C=O) groups is 1. The van der Waals surface area contributed by atoms with Gasteiger partial charge in [-0.05, 0) is 38.5 Å². The predicted octanol–water partition coefficient (Wildman–Crippen LogP) is 3.04. The van der Waals surface area contributed by atoms with Crippen LogP contribution in [0.5, 0.6) is 11.5 Å². The number of alkyl halides is 1. The van der Waals surface area contributed by atoms with Crippen molar-refractivity contribution in [1.82, 2.24) is 0 Å². The summed E-state index contributed by atoms with van der Waals surface area (Å²) in [5, 5.41) is 0. The summed E-state index contributed by atoms with van der Waals surface area (Å²) < 4.78 is 24.6. The van der Waals surface area contributed by atoms with Gasteiger partial charge in [-0.3, -0.25) is 4.79 Å². The molecule has 0 aliphatic heterocycles. The Kier molecular flexibility index (Phi) is 4.33. The number of ketones is 1. The van der Waals surface area contributed by atoms with Gasteiger partial charge in [0, 0.05) is 12.0 Å². The molecule has 4 heteroatoms. The van der Waals surface area contributed by atoms with Gasteiger partial charge in [0.2, 0.25) is 0 Å². The average Bonchev–Trinajstić information content (AvgIpc) is 2.25. The summed E-state index contributed by atoms with van der Waals surface area (Å²) in [5.74, 6) is 0.833. The number of carbonyl (C=O) groups excluding carboxylic acids is 1. The second-order valence-corrected chi connectivity index (χ2v) is 4.73. The molecule has 0 aliphatic carbocycles. The lowest BCUT2D eigenvalue weighted by Gasteiger charge is -2.21. The van der Waals surface area contributed by atoms with Crippen molar-refractivity contribution >= 4 is 5.78 Å². The van der Waals surface area contributed by atoms with Gasteiger partial charge in [0.25, 0.3) is 0 Å². The van der Waals surface area contributed by atoms with Crippen LogP contribution in [-0.2, 0) is 16.9 Å². The van der Waals surface area contributed by atoms with E-state index in [-0.39, 0.29) is 12.2 Å². The van der Waals surface area contributed by atoms with Crippen molar-refractivity contribution < 1.29 is 18.7 Å². The summed E-state index contributed by atoms with van der Waals surface area (Å²) in [6.45, 7) is 4.39. The number of Topliss-reactive ketones (excluding diaryl/α,β-unsaturated/α-hetero) is 1. The molecule has 0 unspecified atom stereocenters. The fourth-order valence-corrected chi connectivity index (χ4v) is 1.85. The van der Waals surface area contributed by atoms with Gasteiger partial charge in [0.1, 0.15) is 11.5 Å². The molecule has 0 amide bonds. The van der Waals surface area contributed by atoms with Gasteiger partial charge in [-0.2, -0.15) is 0 Å². The lowest BCUT2D eigenvalue weighted by atomic mass is 9.94. The van der Waals surface area contributed by atoms with Gasteiger partial charge in [-0.15, -0.1) is 0 Å². The second kappa shape index (κ2) is 5.38. The molecule has 3 nitrogen and oxygen atoms in total. The van der Waals surface area contributed by atoms with Crippen molar-refractivity contribution in [2.24, 2.45) is 0 Å². The van der Waals surface area contributed by atoms with Gasteiger partial charge in [0.05, 0.1) is 14.2 Å². The molecule has 1 aromatic rings. The molecule has 1 rings (SSSR count). The van der Waals surface area contributed by atoms with Crippen LogP contribution in [0.1, 0.15) is 31.9 Å². The maximum Gasteiger partial charge on any atom is 0.167 e. The van der Waals surface area contributed by atoms with E-state index in [1.165, 1.54) is 35.0 Å². The number of hydrogen-bond donors (Lipinski definition) is 0. The summed E-state index contributed by atoms with van der Waals surface area (Å²) in [4.78, 5) is 11.2. The number of hydrogen-bond acceptors (Lipinski definition) is 3. The zero-order valence-corrected chi connectivity index (χ0v) is 11.5. The first-order chi connectivity index (χ1) is 8.29. The highest BCUT2D eigenvalue weighted by atomic mass is 19.1. The highest BCUT2D eigenvalue weighted by Gasteiger charge is 2.26. The minimum Gasteiger partial charge on any atom is -0.493 e. The molecule has 0 heterocycles. The van der Waals surface area contributed by atoms with E-state index in [9.17, 15) is 9.18 Å². The molecular formula is C14H19FO3. The van der Waals surface area contributed by atoms with Crippen LogP contribution in [0.25, 0.3) is 0 Å². The zero-order valence-electron chi connectivity index (χ0n) is 11.5. The van der Waals surface area contributed by atoms with Gasteiger partial charge < -0.3 is 9.47 Å². The van der Waals surface area contributed by atoms with E-state index in [2.05, 4.69) is 0 Å². The van der Waals surface area contributed by atoms with Crippen molar-refractivity contribution in [3.8, 4) is 11.5 Å². The van der Waals surface area contributed by atoms with E-state index < -0.39 is 5.67 Å². The van der Waals surface area contributed by atoms with Gasteiger partial charge in [-0.1, -0.05) is 0 Å². The number of rotatable bonds is 5. The fourth-order valence-electron chi connectivity index (χ4n) is 1.85. The molecule has 0 spiro atoms. The third-order valence-electron chi connectivity index (χ3n) is 2.63. The van der Waals surface area contributed by atoms with Crippen molar-refractivity contribution in [3.05, 3.63) is 23.3 Å². The molecule has 0 aliphatic rings. The second-order valence-electron chi connectivity index (χ2n) is 4.73. The van der Waals surface area contributed by atoms with Crippen LogP contribution in [-0.4, -0.2) is 20.0 Å². The highest BCUT2D eigenvalue weighted by molar-refractivity contribution is 5.78. The molecule has 0 radical (unpaired) electrons. The van der Waals surface area contributed by atoms with Crippen molar-refractivity contribution in [1.29, 1.82) is 0 Å². The molecule has 0 aromatic heterocycles. The third kappa shape index (κ3) is 3.22. The Bertz CT molecular complexity index is 447. The number of benzene rings is 1. The Labute approximate surface area is 107 Å². The quantitative estimate of drug-likeness (QED) is 0.810. The minimum absolute atomic E-state index is 0.0184. The molecule has 0 atom stereocenters. The predicted molar refractivity (Wildman–Crippen MR) is 68.1 cm³/mol. The van der Waals surface area contributed by atoms with Gasteiger partial charge in [0.15, 0.2) is 11.5 Å².